The standard InChI is InChI=1S/C19H32N4O/c1-16-13-20-23(14-16)15-17-8-11-22(12-9-17)19(24)7-6-18-5-3-4-10-21(18)2/h13-14,17-18H,3-12,15H2,1-2H3/t18-/m1/s1. The summed E-state index contributed by atoms with van der Waals surface area (Å²) in [5.41, 5.74) is 1.22. The number of piperidine rings is 2. The molecule has 2 aliphatic rings. The Balaban J connectivity index is 1.38. The normalized spacial score (nSPS) is 23.6. The molecule has 24 heavy (non-hydrogen) atoms. The van der Waals surface area contributed by atoms with Crippen LogP contribution >= 0.6 is 0 Å². The fourth-order valence-corrected chi connectivity index (χ4v) is 4.15. The van der Waals surface area contributed by atoms with E-state index in [-0.39, 0.29) is 0 Å². The van der Waals surface area contributed by atoms with E-state index in [1.165, 1.54) is 31.4 Å². The maximum Gasteiger partial charge on any atom is 0.222 e. The van der Waals surface area contributed by atoms with Crippen LogP contribution in [0.15, 0.2) is 12.4 Å². The summed E-state index contributed by atoms with van der Waals surface area (Å²) in [4.78, 5) is 17.0. The van der Waals surface area contributed by atoms with Gasteiger partial charge < -0.3 is 9.80 Å². The molecule has 3 rings (SSSR count). The lowest BCUT2D eigenvalue weighted by molar-refractivity contribution is -0.133. The van der Waals surface area contributed by atoms with Crippen LogP contribution < -0.4 is 0 Å². The van der Waals surface area contributed by atoms with Crippen molar-refractivity contribution in [3.63, 3.8) is 0 Å². The molecule has 0 aliphatic carbocycles. The van der Waals surface area contributed by atoms with E-state index in [0.29, 0.717) is 17.9 Å². The first-order valence-corrected chi connectivity index (χ1v) is 9.59. The topological polar surface area (TPSA) is 41.4 Å². The van der Waals surface area contributed by atoms with E-state index >= 15 is 0 Å². The lowest BCUT2D eigenvalue weighted by Gasteiger charge is -2.34. The summed E-state index contributed by atoms with van der Waals surface area (Å²) < 4.78 is 2.05. The fraction of sp³-hybridized carbons (Fsp3) is 0.789. The van der Waals surface area contributed by atoms with Gasteiger partial charge >= 0.3 is 0 Å². The molecule has 2 saturated heterocycles. The van der Waals surface area contributed by atoms with Crippen molar-refractivity contribution in [2.45, 2.75) is 64.5 Å². The second-order valence-corrected chi connectivity index (χ2v) is 7.73. The van der Waals surface area contributed by atoms with E-state index in [1.807, 2.05) is 6.20 Å². The quantitative estimate of drug-likeness (QED) is 0.832. The van der Waals surface area contributed by atoms with Crippen molar-refractivity contribution in [1.29, 1.82) is 0 Å². The van der Waals surface area contributed by atoms with Crippen LogP contribution in [0.5, 0.6) is 0 Å². The Hall–Kier alpha value is -1.36. The molecular weight excluding hydrogens is 300 g/mol. The van der Waals surface area contributed by atoms with Gasteiger partial charge in [0.05, 0.1) is 6.20 Å². The monoisotopic (exact) mass is 332 g/mol. The molecule has 1 aromatic rings. The molecule has 2 aliphatic heterocycles. The smallest absolute Gasteiger partial charge is 0.222 e. The molecule has 0 bridgehead atoms. The summed E-state index contributed by atoms with van der Waals surface area (Å²) in [5, 5.41) is 4.38. The van der Waals surface area contributed by atoms with E-state index < -0.39 is 0 Å². The predicted octanol–water partition coefficient (Wildman–Crippen LogP) is 2.69. The van der Waals surface area contributed by atoms with Gasteiger partial charge in [-0.25, -0.2) is 0 Å². The lowest BCUT2D eigenvalue weighted by Crippen LogP contribution is -2.41. The third-order valence-corrected chi connectivity index (χ3v) is 5.79. The van der Waals surface area contributed by atoms with Gasteiger partial charge in [-0.2, -0.15) is 5.10 Å². The number of aromatic nitrogens is 2. The number of carbonyl (C=O) groups excluding carboxylic acids is 1. The van der Waals surface area contributed by atoms with Gasteiger partial charge in [0, 0.05) is 38.3 Å². The summed E-state index contributed by atoms with van der Waals surface area (Å²) in [7, 11) is 2.21. The van der Waals surface area contributed by atoms with E-state index in [1.54, 1.807) is 0 Å². The first-order valence-electron chi connectivity index (χ1n) is 9.59. The Morgan fingerprint density at radius 1 is 1.21 bits per heavy atom. The summed E-state index contributed by atoms with van der Waals surface area (Å²) in [5.74, 6) is 1.01. The molecule has 0 unspecified atom stereocenters. The molecule has 1 atom stereocenters. The van der Waals surface area contributed by atoms with Gasteiger partial charge in [-0.3, -0.25) is 9.48 Å². The zero-order valence-corrected chi connectivity index (χ0v) is 15.3. The minimum Gasteiger partial charge on any atom is -0.343 e. The van der Waals surface area contributed by atoms with Gasteiger partial charge in [0.15, 0.2) is 0 Å². The zero-order chi connectivity index (χ0) is 16.9. The fourth-order valence-electron chi connectivity index (χ4n) is 4.15. The van der Waals surface area contributed by atoms with Crippen molar-refractivity contribution in [3.05, 3.63) is 18.0 Å². The van der Waals surface area contributed by atoms with Crippen molar-refractivity contribution >= 4 is 5.91 Å². The number of aryl methyl sites for hydroxylation is 1. The largest absolute Gasteiger partial charge is 0.343 e. The van der Waals surface area contributed by atoms with Crippen molar-refractivity contribution in [2.24, 2.45) is 5.92 Å². The van der Waals surface area contributed by atoms with Gasteiger partial charge in [-0.05, 0) is 64.1 Å². The minimum absolute atomic E-state index is 0.363. The molecule has 0 saturated carbocycles. The van der Waals surface area contributed by atoms with Crippen molar-refractivity contribution < 1.29 is 4.79 Å². The molecule has 1 aromatic heterocycles. The second kappa shape index (κ2) is 8.15. The Morgan fingerprint density at radius 2 is 2.00 bits per heavy atom. The van der Waals surface area contributed by atoms with E-state index in [2.05, 4.69) is 39.7 Å². The zero-order valence-electron chi connectivity index (χ0n) is 15.3. The highest BCUT2D eigenvalue weighted by molar-refractivity contribution is 5.76. The number of nitrogens with zero attached hydrogens (tertiary/aromatic N) is 4. The number of likely N-dealkylation sites (tertiary alicyclic amines) is 2. The molecule has 3 heterocycles. The molecule has 5 heteroatoms. The van der Waals surface area contributed by atoms with Gasteiger partial charge in [-0.1, -0.05) is 6.42 Å². The van der Waals surface area contributed by atoms with Crippen LogP contribution in [0.3, 0.4) is 0 Å². The highest BCUT2D eigenvalue weighted by Gasteiger charge is 2.25. The Kier molecular flexibility index (Phi) is 5.93. The van der Waals surface area contributed by atoms with Crippen LogP contribution in [-0.2, 0) is 11.3 Å². The highest BCUT2D eigenvalue weighted by Crippen LogP contribution is 2.22. The van der Waals surface area contributed by atoms with E-state index in [9.17, 15) is 4.79 Å². The second-order valence-electron chi connectivity index (χ2n) is 7.73. The minimum atomic E-state index is 0.363. The summed E-state index contributed by atoms with van der Waals surface area (Å²) in [6.07, 6.45) is 11.9. The molecule has 5 nitrogen and oxygen atoms in total. The maximum atomic E-state index is 12.5. The van der Waals surface area contributed by atoms with Gasteiger partial charge in [0.25, 0.3) is 0 Å². The van der Waals surface area contributed by atoms with Crippen LogP contribution in [0, 0.1) is 12.8 Å². The number of rotatable bonds is 5. The number of carbonyl (C=O) groups is 1. The van der Waals surface area contributed by atoms with Crippen LogP contribution in [0.2, 0.25) is 0 Å². The van der Waals surface area contributed by atoms with Crippen molar-refractivity contribution in [3.8, 4) is 0 Å². The first kappa shape index (κ1) is 17.5. The lowest BCUT2D eigenvalue weighted by atomic mass is 9.95. The summed E-state index contributed by atoms with van der Waals surface area (Å²) >= 11 is 0. The third-order valence-electron chi connectivity index (χ3n) is 5.79. The molecule has 0 spiro atoms. The van der Waals surface area contributed by atoms with Gasteiger partial charge in [-0.15, -0.1) is 0 Å². The van der Waals surface area contributed by atoms with Crippen molar-refractivity contribution in [1.82, 2.24) is 19.6 Å². The van der Waals surface area contributed by atoms with Crippen LogP contribution in [0.1, 0.15) is 50.5 Å². The molecular formula is C19H32N4O. The molecule has 134 valence electrons. The first-order chi connectivity index (χ1) is 11.6. The summed E-state index contributed by atoms with van der Waals surface area (Å²) in [6, 6.07) is 0.614. The predicted molar refractivity (Wildman–Crippen MR) is 95.8 cm³/mol. The number of hydrogen-bond donors (Lipinski definition) is 0. The molecule has 0 radical (unpaired) electrons. The maximum absolute atomic E-state index is 12.5. The Labute approximate surface area is 146 Å². The molecule has 0 N–H and O–H groups in total. The Bertz CT molecular complexity index is 533. The highest BCUT2D eigenvalue weighted by atomic mass is 16.2. The van der Waals surface area contributed by atoms with Gasteiger partial charge in [0.1, 0.15) is 0 Å². The van der Waals surface area contributed by atoms with E-state index in [0.717, 1.165) is 45.3 Å². The number of hydrogen-bond acceptors (Lipinski definition) is 3. The SMILES string of the molecule is Cc1cnn(CC2CCN(C(=O)CC[C@H]3CCCCN3C)CC2)c1. The van der Waals surface area contributed by atoms with Crippen LogP contribution in [-0.4, -0.2) is 58.2 Å². The van der Waals surface area contributed by atoms with E-state index in [4.69, 9.17) is 0 Å². The third kappa shape index (κ3) is 4.59. The average molecular weight is 332 g/mol. The molecule has 0 aromatic carbocycles. The Morgan fingerprint density at radius 3 is 2.67 bits per heavy atom. The van der Waals surface area contributed by atoms with Crippen LogP contribution in [0.4, 0.5) is 0 Å². The average Bonchev–Trinajstić information content (AvgIpc) is 2.99. The number of amides is 1. The summed E-state index contributed by atoms with van der Waals surface area (Å²) in [6.45, 7) is 6.10. The van der Waals surface area contributed by atoms with Crippen LogP contribution in [0.25, 0.3) is 0 Å². The molecule has 1 amide bonds. The van der Waals surface area contributed by atoms with Crippen molar-refractivity contribution in [2.75, 3.05) is 26.7 Å². The molecule has 2 fully saturated rings. The van der Waals surface area contributed by atoms with Gasteiger partial charge in [0.2, 0.25) is 5.91 Å².